The fourth-order valence-corrected chi connectivity index (χ4v) is 6.90. The number of hydrogen-bond acceptors (Lipinski definition) is 5. The lowest BCUT2D eigenvalue weighted by atomic mass is 10.0. The minimum absolute atomic E-state index is 0.0907. The third-order valence-electron chi connectivity index (χ3n) is 8.98. The maximum Gasteiger partial charge on any atom is 0.335 e. The van der Waals surface area contributed by atoms with Crippen molar-refractivity contribution in [3.8, 4) is 22.3 Å². The zero-order valence-electron chi connectivity index (χ0n) is 29.5. The summed E-state index contributed by atoms with van der Waals surface area (Å²) in [7, 11) is 0. The lowest BCUT2D eigenvalue weighted by molar-refractivity contribution is 0.0696. The fraction of sp³-hybridized carbons (Fsp3) is 0.0870. The number of carbonyl (C=O) groups excluding carboxylic acids is 1. The quantitative estimate of drug-likeness (QED) is 0.128. The molecule has 0 saturated heterocycles. The van der Waals surface area contributed by atoms with Gasteiger partial charge in [-0.25, -0.2) is 4.79 Å². The van der Waals surface area contributed by atoms with Crippen molar-refractivity contribution in [3.63, 3.8) is 0 Å². The van der Waals surface area contributed by atoms with E-state index in [-0.39, 0.29) is 24.6 Å². The molecule has 0 aliphatic heterocycles. The molecule has 0 unspecified atom stereocenters. The largest absolute Gasteiger partial charge is 0.478 e. The van der Waals surface area contributed by atoms with Gasteiger partial charge in [0.2, 0.25) is 0 Å². The van der Waals surface area contributed by atoms with Crippen LogP contribution in [0.4, 0.5) is 0 Å². The van der Waals surface area contributed by atoms with Gasteiger partial charge in [0.1, 0.15) is 22.7 Å². The van der Waals surface area contributed by atoms with Crippen LogP contribution in [0.2, 0.25) is 10.0 Å². The highest BCUT2D eigenvalue weighted by molar-refractivity contribution is 6.30. The number of aromatic carboxylic acids is 1. The first-order chi connectivity index (χ1) is 26.7. The summed E-state index contributed by atoms with van der Waals surface area (Å²) in [6.45, 7) is 0.135. The molecule has 3 N–H and O–H groups in total. The van der Waals surface area contributed by atoms with Gasteiger partial charge in [-0.1, -0.05) is 108 Å². The lowest BCUT2D eigenvalue weighted by Crippen LogP contribution is -2.26. The van der Waals surface area contributed by atoms with E-state index in [1.165, 1.54) is 0 Å². The molecule has 1 amide bonds. The number of benzene rings is 6. The van der Waals surface area contributed by atoms with Crippen LogP contribution in [-0.2, 0) is 12.8 Å². The number of nitrogens with one attached hydrogen (secondary N) is 1. The van der Waals surface area contributed by atoms with Crippen LogP contribution in [0.3, 0.4) is 0 Å². The van der Waals surface area contributed by atoms with Crippen molar-refractivity contribution in [1.82, 2.24) is 5.32 Å². The number of para-hydroxylation sites is 2. The van der Waals surface area contributed by atoms with Gasteiger partial charge in [0, 0.05) is 56.9 Å². The molecule has 2 aromatic heterocycles. The van der Waals surface area contributed by atoms with Crippen molar-refractivity contribution in [2.75, 3.05) is 13.2 Å². The Hall–Kier alpha value is -6.12. The maximum absolute atomic E-state index is 12.2. The molecule has 8 rings (SSSR count). The van der Waals surface area contributed by atoms with Crippen molar-refractivity contribution in [2.45, 2.75) is 12.8 Å². The number of furan rings is 2. The molecule has 0 aliphatic carbocycles. The molecule has 0 aliphatic rings. The number of rotatable bonds is 10. The first kappa shape index (κ1) is 37.2. The number of amides is 1. The van der Waals surface area contributed by atoms with E-state index in [2.05, 4.69) is 5.32 Å². The first-order valence-corrected chi connectivity index (χ1v) is 18.3. The molecule has 7 nitrogen and oxygen atoms in total. The summed E-state index contributed by atoms with van der Waals surface area (Å²) in [5.74, 6) is 0.532. The Morgan fingerprint density at radius 1 is 0.564 bits per heavy atom. The van der Waals surface area contributed by atoms with Gasteiger partial charge in [0.15, 0.2) is 0 Å². The molecule has 55 heavy (non-hydrogen) atoms. The van der Waals surface area contributed by atoms with Gasteiger partial charge in [-0.05, 0) is 82.9 Å². The van der Waals surface area contributed by atoms with Crippen molar-refractivity contribution >= 4 is 57.0 Å². The lowest BCUT2D eigenvalue weighted by Gasteiger charge is -2.07. The number of carboxylic acids is 1. The smallest absolute Gasteiger partial charge is 0.335 e. The maximum atomic E-state index is 12.2. The van der Waals surface area contributed by atoms with Gasteiger partial charge in [-0.2, -0.15) is 0 Å². The van der Waals surface area contributed by atoms with Crippen molar-refractivity contribution < 1.29 is 28.6 Å². The van der Waals surface area contributed by atoms with Crippen molar-refractivity contribution in [1.29, 1.82) is 0 Å². The van der Waals surface area contributed by atoms with E-state index in [4.69, 9.17) is 37.1 Å². The third kappa shape index (κ3) is 8.99. The Kier molecular flexibility index (Phi) is 11.4. The van der Waals surface area contributed by atoms with E-state index in [0.717, 1.165) is 66.8 Å². The number of carbonyl (C=O) groups is 2. The van der Waals surface area contributed by atoms with E-state index >= 15 is 0 Å². The molecule has 8 aromatic rings. The number of hydrogen-bond donors (Lipinski definition) is 3. The molecule has 9 heteroatoms. The summed E-state index contributed by atoms with van der Waals surface area (Å²) in [4.78, 5) is 23.5. The van der Waals surface area contributed by atoms with Crippen LogP contribution in [0.5, 0.6) is 0 Å². The molecule has 0 radical (unpaired) electrons. The number of fused-ring (bicyclic) bond motifs is 2. The number of carboxylic acid groups (broad SMARTS) is 1. The highest BCUT2D eigenvalue weighted by atomic mass is 35.5. The molecule has 0 bridgehead atoms. The number of halogens is 2. The minimum Gasteiger partial charge on any atom is -0.478 e. The van der Waals surface area contributed by atoms with Crippen LogP contribution >= 0.6 is 23.2 Å². The molecule has 0 saturated carbocycles. The van der Waals surface area contributed by atoms with Gasteiger partial charge < -0.3 is 24.4 Å². The zero-order chi connectivity index (χ0) is 38.3. The van der Waals surface area contributed by atoms with E-state index in [9.17, 15) is 14.7 Å². The molecule has 2 heterocycles. The molecular formula is C46H35Cl2NO6. The van der Waals surface area contributed by atoms with Crippen LogP contribution in [0.15, 0.2) is 154 Å². The molecule has 274 valence electrons. The highest BCUT2D eigenvalue weighted by Gasteiger charge is 2.14. The van der Waals surface area contributed by atoms with Crippen molar-refractivity contribution in [2.24, 2.45) is 0 Å². The summed E-state index contributed by atoms with van der Waals surface area (Å²) < 4.78 is 12.3. The van der Waals surface area contributed by atoms with E-state index in [0.29, 0.717) is 28.5 Å². The Morgan fingerprint density at radius 2 is 1.04 bits per heavy atom. The van der Waals surface area contributed by atoms with Crippen LogP contribution in [0.25, 0.3) is 44.2 Å². The average molecular weight is 769 g/mol. The monoisotopic (exact) mass is 767 g/mol. The molecule has 0 atom stereocenters. The fourth-order valence-electron chi connectivity index (χ4n) is 6.48. The summed E-state index contributed by atoms with van der Waals surface area (Å²) >= 11 is 12.1. The predicted molar refractivity (Wildman–Crippen MR) is 218 cm³/mol. The van der Waals surface area contributed by atoms with Gasteiger partial charge in [0.25, 0.3) is 5.91 Å². The molecular weight excluding hydrogens is 733 g/mol. The standard InChI is InChI=1S/C24H20ClNO3.C22H15ClO3/c25-20-8-1-4-16(12-20)13-21-15-18-6-3-9-22(23(18)29-21)17-5-2-7-19(14-17)24(28)26-10-11-27;23-18-8-1-4-14(10-18)11-19-13-16-6-3-9-20(21(16)26-19)15-5-2-7-17(12-15)22(24)25/h1-9,12,14-15,27H,10-11,13H2,(H,26,28);1-10,12-13H,11H2,(H,24,25). The second-order valence-electron chi connectivity index (χ2n) is 12.9. The van der Waals surface area contributed by atoms with Gasteiger partial charge in [0.05, 0.1) is 12.2 Å². The summed E-state index contributed by atoms with van der Waals surface area (Å²) in [5, 5.41) is 24.2. The molecule has 0 fully saturated rings. The average Bonchev–Trinajstić information content (AvgIpc) is 3.80. The second kappa shape index (κ2) is 16.9. The van der Waals surface area contributed by atoms with Crippen LogP contribution in [0, 0.1) is 0 Å². The SMILES string of the molecule is O=C(NCCO)c1cccc(-c2cccc3cc(Cc4cccc(Cl)c4)oc23)c1.O=C(O)c1cccc(-c2cccc3cc(Cc4cccc(Cl)c4)oc23)c1. The summed E-state index contributed by atoms with van der Waals surface area (Å²) in [6.07, 6.45) is 1.29. The van der Waals surface area contributed by atoms with Gasteiger partial charge in [-0.15, -0.1) is 0 Å². The Bertz CT molecular complexity index is 2640. The normalized spacial score (nSPS) is 11.0. The van der Waals surface area contributed by atoms with E-state index in [1.807, 2.05) is 121 Å². The molecule has 0 spiro atoms. The van der Waals surface area contributed by atoms with Gasteiger partial charge >= 0.3 is 5.97 Å². The topological polar surface area (TPSA) is 113 Å². The summed E-state index contributed by atoms with van der Waals surface area (Å²) in [5.41, 5.74) is 8.02. The van der Waals surface area contributed by atoms with Crippen LogP contribution in [0.1, 0.15) is 43.4 Å². The van der Waals surface area contributed by atoms with E-state index < -0.39 is 5.97 Å². The Balaban J connectivity index is 0.000000170. The first-order valence-electron chi connectivity index (χ1n) is 17.6. The molecule has 6 aromatic carbocycles. The van der Waals surface area contributed by atoms with Gasteiger partial charge in [-0.3, -0.25) is 4.79 Å². The van der Waals surface area contributed by atoms with Crippen LogP contribution < -0.4 is 5.32 Å². The third-order valence-corrected chi connectivity index (χ3v) is 9.45. The van der Waals surface area contributed by atoms with Crippen molar-refractivity contribution in [3.05, 3.63) is 189 Å². The predicted octanol–water partition coefficient (Wildman–Crippen LogP) is 11.1. The zero-order valence-corrected chi connectivity index (χ0v) is 31.0. The number of aliphatic hydroxyl groups is 1. The van der Waals surface area contributed by atoms with Crippen LogP contribution in [-0.4, -0.2) is 35.2 Å². The Morgan fingerprint density at radius 3 is 1.53 bits per heavy atom. The number of aliphatic hydroxyl groups excluding tert-OH is 1. The minimum atomic E-state index is -0.944. The summed E-state index contributed by atoms with van der Waals surface area (Å²) in [6, 6.07) is 45.6. The highest BCUT2D eigenvalue weighted by Crippen LogP contribution is 2.34. The second-order valence-corrected chi connectivity index (χ2v) is 13.8. The Labute approximate surface area is 327 Å². The van der Waals surface area contributed by atoms with E-state index in [1.54, 1.807) is 24.3 Å².